The van der Waals surface area contributed by atoms with Crippen molar-refractivity contribution in [1.82, 2.24) is 0 Å². The highest BCUT2D eigenvalue weighted by molar-refractivity contribution is 7.70. The Morgan fingerprint density at radius 1 is 0.789 bits per heavy atom. The smallest absolute Gasteiger partial charge is 0.118 e. The second kappa shape index (κ2) is 5.77. The van der Waals surface area contributed by atoms with E-state index < -0.39 is 16.1 Å². The van der Waals surface area contributed by atoms with E-state index in [4.69, 9.17) is 0 Å². The van der Waals surface area contributed by atoms with Gasteiger partial charge in [0.05, 0.1) is 5.16 Å². The summed E-state index contributed by atoms with van der Waals surface area (Å²) in [6.45, 7) is 29.7. The van der Waals surface area contributed by atoms with Crippen LogP contribution in [-0.4, -0.2) is 26.7 Å². The molecule has 0 N–H and O–H groups in total. The maximum atomic E-state index is 2.81. The Hall–Kier alpha value is 0.604. The Bertz CT molecular complexity index is 316. The molecule has 0 aromatic heterocycles. The van der Waals surface area contributed by atoms with E-state index in [1.807, 2.05) is 5.28 Å². The third kappa shape index (κ3) is 6.73. The zero-order valence-corrected chi connectivity index (χ0v) is 18.4. The van der Waals surface area contributed by atoms with Gasteiger partial charge < -0.3 is 0 Å². The highest BCUT2D eigenvalue weighted by atomic mass is 31.1. The minimum absolute atomic E-state index is 0.114. The molecule has 0 aliphatic heterocycles. The quantitative estimate of drug-likeness (QED) is 0.321. The molecular formula is C16H37PSi2. The summed E-state index contributed by atoms with van der Waals surface area (Å²) < 4.78 is 0. The first-order valence-electron chi connectivity index (χ1n) is 7.49. The van der Waals surface area contributed by atoms with Crippen molar-refractivity contribution < 1.29 is 0 Å². The van der Waals surface area contributed by atoms with Crippen molar-refractivity contribution in [2.24, 2.45) is 5.41 Å². The molecule has 0 aliphatic rings. The highest BCUT2D eigenvalue weighted by Crippen LogP contribution is 2.59. The van der Waals surface area contributed by atoms with E-state index in [-0.39, 0.29) is 7.55 Å². The molecule has 0 aromatic carbocycles. The van der Waals surface area contributed by atoms with Crippen LogP contribution in [0, 0.1) is 10.7 Å². The van der Waals surface area contributed by atoms with Crippen molar-refractivity contribution in [2.75, 3.05) is 0 Å². The van der Waals surface area contributed by atoms with E-state index in [9.17, 15) is 0 Å². The Kier molecular flexibility index (Phi) is 5.96. The maximum Gasteiger partial charge on any atom is 0.118 e. The maximum absolute atomic E-state index is 2.81. The lowest BCUT2D eigenvalue weighted by Gasteiger charge is -2.50. The van der Waals surface area contributed by atoms with Crippen molar-refractivity contribution in [3.05, 3.63) is 5.28 Å². The van der Waals surface area contributed by atoms with Crippen LogP contribution in [0.15, 0.2) is 0 Å². The fraction of sp³-hybridized carbons (Fsp3) is 0.875. The SMILES string of the molecule is CC(C)(C)[C-](/[P+](=C/[Si](C)(C)C)C(C)(C)C)[Si](C)(C)C. The molecule has 0 aliphatic carbocycles. The van der Waals surface area contributed by atoms with Gasteiger partial charge in [0.25, 0.3) is 0 Å². The lowest BCUT2D eigenvalue weighted by atomic mass is 10.00. The molecule has 0 nitrogen and oxygen atoms in total. The van der Waals surface area contributed by atoms with Crippen LogP contribution in [0.2, 0.25) is 39.3 Å². The molecule has 0 saturated carbocycles. The van der Waals surface area contributed by atoms with E-state index >= 15 is 0 Å². The number of hydrogen-bond acceptors (Lipinski definition) is 0. The van der Waals surface area contributed by atoms with Crippen molar-refractivity contribution in [1.29, 1.82) is 0 Å². The summed E-state index contributed by atoms with van der Waals surface area (Å²) >= 11 is 0. The summed E-state index contributed by atoms with van der Waals surface area (Å²) in [6.07, 6.45) is 0. The van der Waals surface area contributed by atoms with Crippen molar-refractivity contribution in [3.8, 4) is 0 Å². The van der Waals surface area contributed by atoms with Gasteiger partial charge in [0.1, 0.15) is 8.07 Å². The van der Waals surface area contributed by atoms with Crippen LogP contribution in [0.3, 0.4) is 0 Å². The fourth-order valence-electron chi connectivity index (χ4n) is 2.83. The molecule has 114 valence electrons. The average Bonchev–Trinajstić information content (AvgIpc) is 1.91. The Morgan fingerprint density at radius 3 is 1.32 bits per heavy atom. The molecule has 0 heterocycles. The normalized spacial score (nSPS) is 16.2. The van der Waals surface area contributed by atoms with Gasteiger partial charge in [0, 0.05) is 5.42 Å². The van der Waals surface area contributed by atoms with Crippen molar-refractivity contribution in [3.63, 3.8) is 0 Å². The molecule has 19 heavy (non-hydrogen) atoms. The summed E-state index contributed by atoms with van der Waals surface area (Å²) in [4.78, 5) is 0. The van der Waals surface area contributed by atoms with Crippen LogP contribution in [0.4, 0.5) is 0 Å². The third-order valence-corrected chi connectivity index (χ3v) is 14.5. The summed E-state index contributed by atoms with van der Waals surface area (Å²) in [5.41, 5.74) is 3.15. The predicted octanol–water partition coefficient (Wildman–Crippen LogP) is 6.40. The van der Waals surface area contributed by atoms with Gasteiger partial charge in [0.15, 0.2) is 0 Å². The first-order valence-corrected chi connectivity index (χ1v) is 16.0. The fourth-order valence-corrected chi connectivity index (χ4v) is 16.1. The topological polar surface area (TPSA) is 0 Å². The van der Waals surface area contributed by atoms with E-state index in [0.29, 0.717) is 10.6 Å². The number of rotatable bonds is 3. The molecule has 0 radical (unpaired) electrons. The molecule has 0 amide bonds. The zero-order chi connectivity index (χ0) is 15.9. The first kappa shape index (κ1) is 19.6. The van der Waals surface area contributed by atoms with Crippen molar-refractivity contribution in [2.45, 2.75) is 86.0 Å². The van der Waals surface area contributed by atoms with Crippen LogP contribution in [-0.2, 0) is 0 Å². The van der Waals surface area contributed by atoms with E-state index in [0.717, 1.165) is 0 Å². The Balaban J connectivity index is 6.04. The molecule has 0 bridgehead atoms. The Labute approximate surface area is 126 Å². The van der Waals surface area contributed by atoms with Gasteiger partial charge in [-0.15, -0.1) is 5.41 Å². The molecule has 3 heteroatoms. The van der Waals surface area contributed by atoms with Gasteiger partial charge in [0.2, 0.25) is 0 Å². The number of hydrogen-bond donors (Lipinski definition) is 0. The zero-order valence-electron chi connectivity index (χ0n) is 15.5. The van der Waals surface area contributed by atoms with Gasteiger partial charge >= 0.3 is 0 Å². The molecule has 0 saturated heterocycles. The van der Waals surface area contributed by atoms with Crippen LogP contribution >= 0.6 is 7.55 Å². The van der Waals surface area contributed by atoms with Crippen LogP contribution in [0.1, 0.15) is 41.5 Å². The van der Waals surface area contributed by atoms with E-state index in [2.05, 4.69) is 86.2 Å². The minimum atomic E-state index is -1.26. The summed E-state index contributed by atoms with van der Waals surface area (Å²) in [6, 6.07) is 0. The average molecular weight is 317 g/mol. The second-order valence-corrected chi connectivity index (χ2v) is 23.6. The van der Waals surface area contributed by atoms with Gasteiger partial charge in [-0.05, 0) is 20.8 Å². The molecule has 1 atom stereocenters. The van der Waals surface area contributed by atoms with Gasteiger partial charge in [-0.3, -0.25) is 0 Å². The van der Waals surface area contributed by atoms with Crippen molar-refractivity contribution >= 4 is 29.1 Å². The molecule has 0 spiro atoms. The molecular weight excluding hydrogens is 279 g/mol. The highest BCUT2D eigenvalue weighted by Gasteiger charge is 2.39. The van der Waals surface area contributed by atoms with Crippen LogP contribution in [0.25, 0.3) is 0 Å². The molecule has 0 aromatic rings. The Morgan fingerprint density at radius 2 is 1.16 bits per heavy atom. The molecule has 0 rings (SSSR count). The second-order valence-electron chi connectivity index (χ2n) is 9.88. The first-order chi connectivity index (χ1) is 7.96. The van der Waals surface area contributed by atoms with Gasteiger partial charge in [-0.2, -0.15) is 0 Å². The van der Waals surface area contributed by atoms with Gasteiger partial charge in [-0.1, -0.05) is 81.0 Å². The predicted molar refractivity (Wildman–Crippen MR) is 102 cm³/mol. The van der Waals surface area contributed by atoms with E-state index in [1.165, 1.54) is 0 Å². The van der Waals surface area contributed by atoms with Crippen LogP contribution < -0.4 is 0 Å². The largest absolute Gasteiger partial charge is 0.122 e. The summed E-state index contributed by atoms with van der Waals surface area (Å²) in [5.74, 6) is 0. The lowest BCUT2D eigenvalue weighted by molar-refractivity contribution is 0.500. The van der Waals surface area contributed by atoms with Gasteiger partial charge in [-0.25, -0.2) is 0 Å². The van der Waals surface area contributed by atoms with E-state index in [1.54, 1.807) is 0 Å². The standard InChI is InChI=1S/C16H37PSi2/c1-15(2,3)14(19(10,11)12)17(16(4,5)6)13-18(7,8)9/h13H,1-12H3. The summed E-state index contributed by atoms with van der Waals surface area (Å²) in [7, 11) is -2.52. The monoisotopic (exact) mass is 316 g/mol. The summed E-state index contributed by atoms with van der Waals surface area (Å²) in [5, 5.41) is 2.31. The molecule has 1 unspecified atom stereocenters. The van der Waals surface area contributed by atoms with Crippen LogP contribution in [0.5, 0.6) is 0 Å². The lowest BCUT2D eigenvalue weighted by Crippen LogP contribution is -2.41. The minimum Gasteiger partial charge on any atom is -0.122 e. The molecule has 0 fully saturated rings. The third-order valence-electron chi connectivity index (χ3n) is 2.90.